The predicted octanol–water partition coefficient (Wildman–Crippen LogP) is 2.61. The number of hydrogen-bond acceptors (Lipinski definition) is 6. The molecule has 9 nitrogen and oxygen atoms in total. The molecule has 33 heavy (non-hydrogen) atoms. The van der Waals surface area contributed by atoms with E-state index in [1.54, 1.807) is 49.6 Å². The number of nitrogens with one attached hydrogen (secondary N) is 3. The molecule has 0 aliphatic carbocycles. The summed E-state index contributed by atoms with van der Waals surface area (Å²) in [6.45, 7) is 6.81. The van der Waals surface area contributed by atoms with E-state index in [0.29, 0.717) is 42.9 Å². The number of alkyl carbamates (subject to hydrolysis) is 1. The molecule has 2 heterocycles. The van der Waals surface area contributed by atoms with Crippen LogP contribution in [0, 0.1) is 5.92 Å². The van der Waals surface area contributed by atoms with Gasteiger partial charge in [0.05, 0.1) is 11.6 Å². The minimum absolute atomic E-state index is 0.0540. The number of anilines is 1. The van der Waals surface area contributed by atoms with Gasteiger partial charge in [0.2, 0.25) is 11.8 Å². The SMILES string of the molecule is CC(C)(C)OC(=O)NCCNC(=O)C1CCCN(C(=O)c2ccc3c(c2)NC(=O)CCS3)C1. The molecule has 1 saturated heterocycles. The zero-order chi connectivity index (χ0) is 24.0. The molecule has 1 atom stereocenters. The van der Waals surface area contributed by atoms with E-state index in [-0.39, 0.29) is 36.7 Å². The molecule has 1 aromatic rings. The molecule has 180 valence electrons. The van der Waals surface area contributed by atoms with Gasteiger partial charge in [0.1, 0.15) is 5.60 Å². The van der Waals surface area contributed by atoms with Crippen molar-refractivity contribution in [2.24, 2.45) is 5.92 Å². The van der Waals surface area contributed by atoms with Crippen LogP contribution in [0.25, 0.3) is 0 Å². The van der Waals surface area contributed by atoms with Crippen molar-refractivity contribution in [3.63, 3.8) is 0 Å². The molecule has 3 N–H and O–H groups in total. The second kappa shape index (κ2) is 10.9. The van der Waals surface area contributed by atoms with Crippen LogP contribution in [-0.4, -0.2) is 66.2 Å². The number of likely N-dealkylation sites (tertiary alicyclic amines) is 1. The molecule has 1 aromatic carbocycles. The van der Waals surface area contributed by atoms with Crippen molar-refractivity contribution < 1.29 is 23.9 Å². The lowest BCUT2D eigenvalue weighted by atomic mass is 9.96. The Hall–Kier alpha value is -2.75. The van der Waals surface area contributed by atoms with E-state index in [4.69, 9.17) is 4.74 Å². The standard InChI is InChI=1S/C23H32N4O5S/c1-23(2,3)32-22(31)25-10-9-24-20(29)16-5-4-11-27(14-16)21(30)15-6-7-18-17(13-15)26-19(28)8-12-33-18/h6-7,13,16H,4-5,8-12,14H2,1-3H3,(H,24,29)(H,25,31)(H,26,28). The monoisotopic (exact) mass is 476 g/mol. The minimum Gasteiger partial charge on any atom is -0.444 e. The number of carbonyl (C=O) groups excluding carboxylic acids is 4. The van der Waals surface area contributed by atoms with Crippen LogP contribution in [0.1, 0.15) is 50.4 Å². The van der Waals surface area contributed by atoms with Crippen molar-refractivity contribution in [1.29, 1.82) is 0 Å². The molecule has 2 aliphatic rings. The molecular formula is C23H32N4O5S. The molecule has 0 radical (unpaired) electrons. The largest absolute Gasteiger partial charge is 0.444 e. The molecule has 1 unspecified atom stereocenters. The summed E-state index contributed by atoms with van der Waals surface area (Å²) in [5.74, 6) is 0.0685. The van der Waals surface area contributed by atoms with Crippen LogP contribution in [0.4, 0.5) is 10.5 Å². The van der Waals surface area contributed by atoms with E-state index in [0.717, 1.165) is 11.3 Å². The van der Waals surface area contributed by atoms with Gasteiger partial charge in [-0.15, -0.1) is 11.8 Å². The smallest absolute Gasteiger partial charge is 0.407 e. The Labute approximate surface area is 198 Å². The van der Waals surface area contributed by atoms with Crippen LogP contribution in [0.15, 0.2) is 23.1 Å². The minimum atomic E-state index is -0.576. The average molecular weight is 477 g/mol. The van der Waals surface area contributed by atoms with Crippen LogP contribution >= 0.6 is 11.8 Å². The zero-order valence-electron chi connectivity index (χ0n) is 19.4. The van der Waals surface area contributed by atoms with Gasteiger partial charge in [-0.3, -0.25) is 14.4 Å². The van der Waals surface area contributed by atoms with Crippen molar-refractivity contribution in [3.8, 4) is 0 Å². The fourth-order valence-electron chi connectivity index (χ4n) is 3.72. The predicted molar refractivity (Wildman–Crippen MR) is 126 cm³/mol. The van der Waals surface area contributed by atoms with Gasteiger partial charge < -0.3 is 25.6 Å². The lowest BCUT2D eigenvalue weighted by Gasteiger charge is -2.32. The summed E-state index contributed by atoms with van der Waals surface area (Å²) in [6.07, 6.45) is 1.35. The first-order chi connectivity index (χ1) is 15.6. The number of nitrogens with zero attached hydrogens (tertiary/aromatic N) is 1. The summed E-state index contributed by atoms with van der Waals surface area (Å²) in [6, 6.07) is 5.36. The maximum Gasteiger partial charge on any atom is 0.407 e. The number of fused-ring (bicyclic) bond motifs is 1. The highest BCUT2D eigenvalue weighted by molar-refractivity contribution is 7.99. The Bertz CT molecular complexity index is 915. The lowest BCUT2D eigenvalue weighted by Crippen LogP contribution is -2.46. The first-order valence-electron chi connectivity index (χ1n) is 11.2. The number of hydrogen-bond donors (Lipinski definition) is 3. The summed E-state index contributed by atoms with van der Waals surface area (Å²) >= 11 is 1.59. The normalized spacial score (nSPS) is 18.5. The number of amides is 4. The van der Waals surface area contributed by atoms with Gasteiger partial charge >= 0.3 is 6.09 Å². The van der Waals surface area contributed by atoms with Crippen molar-refractivity contribution in [3.05, 3.63) is 23.8 Å². The maximum absolute atomic E-state index is 13.1. The van der Waals surface area contributed by atoms with Gasteiger partial charge in [-0.2, -0.15) is 0 Å². The highest BCUT2D eigenvalue weighted by atomic mass is 32.2. The average Bonchev–Trinajstić information content (AvgIpc) is 2.94. The highest BCUT2D eigenvalue weighted by Crippen LogP contribution is 2.32. The van der Waals surface area contributed by atoms with Crippen LogP contribution in [0.5, 0.6) is 0 Å². The lowest BCUT2D eigenvalue weighted by molar-refractivity contribution is -0.126. The number of carbonyl (C=O) groups is 4. The Kier molecular flexibility index (Phi) is 8.23. The second-order valence-electron chi connectivity index (χ2n) is 9.17. The summed E-state index contributed by atoms with van der Waals surface area (Å²) in [7, 11) is 0. The third kappa shape index (κ3) is 7.38. The van der Waals surface area contributed by atoms with Gasteiger partial charge in [0.25, 0.3) is 5.91 Å². The highest BCUT2D eigenvalue weighted by Gasteiger charge is 2.29. The number of benzene rings is 1. The fourth-order valence-corrected chi connectivity index (χ4v) is 4.66. The summed E-state index contributed by atoms with van der Waals surface area (Å²) in [5, 5.41) is 8.29. The maximum atomic E-state index is 13.1. The van der Waals surface area contributed by atoms with Crippen molar-refractivity contribution in [1.82, 2.24) is 15.5 Å². The molecule has 4 amide bonds. The van der Waals surface area contributed by atoms with E-state index in [1.165, 1.54) is 0 Å². The van der Waals surface area contributed by atoms with Crippen LogP contribution in [0.2, 0.25) is 0 Å². The second-order valence-corrected chi connectivity index (χ2v) is 10.3. The van der Waals surface area contributed by atoms with Crippen LogP contribution < -0.4 is 16.0 Å². The number of thioether (sulfide) groups is 1. The molecule has 0 bridgehead atoms. The van der Waals surface area contributed by atoms with Gasteiger partial charge in [-0.05, 0) is 51.8 Å². The van der Waals surface area contributed by atoms with Gasteiger partial charge in [-0.25, -0.2) is 4.79 Å². The third-order valence-corrected chi connectivity index (χ3v) is 6.33. The molecule has 0 saturated carbocycles. The van der Waals surface area contributed by atoms with Crippen molar-refractivity contribution in [2.75, 3.05) is 37.2 Å². The molecule has 3 rings (SSSR count). The molecule has 10 heteroatoms. The fraction of sp³-hybridized carbons (Fsp3) is 0.565. The van der Waals surface area contributed by atoms with Crippen molar-refractivity contribution in [2.45, 2.75) is 50.5 Å². The van der Waals surface area contributed by atoms with E-state index in [1.807, 2.05) is 6.07 Å². The quantitative estimate of drug-likeness (QED) is 0.563. The Morgan fingerprint density at radius 3 is 2.73 bits per heavy atom. The molecule has 2 aliphatic heterocycles. The molecule has 0 aromatic heterocycles. The van der Waals surface area contributed by atoms with Crippen LogP contribution in [-0.2, 0) is 14.3 Å². The molecule has 1 fully saturated rings. The summed E-state index contributed by atoms with van der Waals surface area (Å²) in [4.78, 5) is 51.9. The summed E-state index contributed by atoms with van der Waals surface area (Å²) < 4.78 is 5.16. The third-order valence-electron chi connectivity index (χ3n) is 5.26. The Morgan fingerprint density at radius 2 is 1.97 bits per heavy atom. The number of rotatable bonds is 5. The van der Waals surface area contributed by atoms with Crippen molar-refractivity contribution >= 4 is 41.3 Å². The molecule has 0 spiro atoms. The van der Waals surface area contributed by atoms with E-state index in [9.17, 15) is 19.2 Å². The van der Waals surface area contributed by atoms with Crippen LogP contribution in [0.3, 0.4) is 0 Å². The van der Waals surface area contributed by atoms with E-state index >= 15 is 0 Å². The topological polar surface area (TPSA) is 117 Å². The van der Waals surface area contributed by atoms with Gasteiger partial charge in [0.15, 0.2) is 0 Å². The van der Waals surface area contributed by atoms with Gasteiger partial charge in [0, 0.05) is 48.8 Å². The summed E-state index contributed by atoms with van der Waals surface area (Å²) in [5.41, 5.74) is 0.587. The number of piperidine rings is 1. The first-order valence-corrected chi connectivity index (χ1v) is 12.2. The zero-order valence-corrected chi connectivity index (χ0v) is 20.2. The van der Waals surface area contributed by atoms with E-state index in [2.05, 4.69) is 16.0 Å². The molecular weight excluding hydrogens is 444 g/mol. The Morgan fingerprint density at radius 1 is 1.21 bits per heavy atom. The first kappa shape index (κ1) is 24.9. The van der Waals surface area contributed by atoms with E-state index < -0.39 is 11.7 Å². The van der Waals surface area contributed by atoms with Gasteiger partial charge in [-0.1, -0.05) is 0 Å². The Balaban J connectivity index is 1.50. The number of ether oxygens (including phenoxy) is 1.